The lowest BCUT2D eigenvalue weighted by Crippen LogP contribution is -2.31. The van der Waals surface area contributed by atoms with Gasteiger partial charge >= 0.3 is 5.97 Å². The van der Waals surface area contributed by atoms with Crippen LogP contribution in [-0.2, 0) is 20.7 Å². The van der Waals surface area contributed by atoms with Crippen molar-refractivity contribution in [2.24, 2.45) is 0 Å². The van der Waals surface area contributed by atoms with Gasteiger partial charge in [0.15, 0.2) is 6.61 Å². The molecule has 0 aliphatic heterocycles. The maximum Gasteiger partial charge on any atom is 0.310 e. The molecule has 0 aliphatic carbocycles. The van der Waals surface area contributed by atoms with Gasteiger partial charge in [-0.2, -0.15) is 0 Å². The summed E-state index contributed by atoms with van der Waals surface area (Å²) in [4.78, 5) is 25.6. The minimum atomic E-state index is -0.412. The molecule has 0 spiro atoms. The number of benzene rings is 3. The standard InChI is InChI=1S/C21H19NO3/c1-22(19-9-3-2-4-10-19)20(23)15-25-21(24)14-16-11-12-17-7-5-6-8-18(17)13-16/h2-13H,14-15H2,1H3. The molecule has 0 radical (unpaired) electrons. The van der Waals surface area contributed by atoms with Crippen molar-refractivity contribution >= 4 is 28.3 Å². The van der Waals surface area contributed by atoms with Gasteiger partial charge in [-0.15, -0.1) is 0 Å². The molecule has 0 saturated heterocycles. The van der Waals surface area contributed by atoms with Gasteiger partial charge < -0.3 is 9.64 Å². The summed E-state index contributed by atoms with van der Waals surface area (Å²) in [6.45, 7) is -0.266. The summed E-state index contributed by atoms with van der Waals surface area (Å²) in [6.07, 6.45) is 0.146. The van der Waals surface area contributed by atoms with Crippen LogP contribution in [0.2, 0.25) is 0 Å². The second kappa shape index (κ2) is 7.62. The normalized spacial score (nSPS) is 10.4. The van der Waals surface area contributed by atoms with Crippen molar-refractivity contribution in [2.75, 3.05) is 18.6 Å². The highest BCUT2D eigenvalue weighted by Crippen LogP contribution is 2.16. The summed E-state index contributed by atoms with van der Waals surface area (Å²) in [5.74, 6) is -0.678. The first-order valence-corrected chi connectivity index (χ1v) is 8.08. The predicted molar refractivity (Wildman–Crippen MR) is 98.5 cm³/mol. The fraction of sp³-hybridized carbons (Fsp3) is 0.143. The molecule has 0 fully saturated rings. The average Bonchev–Trinajstić information content (AvgIpc) is 2.66. The number of hydrogen-bond acceptors (Lipinski definition) is 3. The predicted octanol–water partition coefficient (Wildman–Crippen LogP) is 3.59. The van der Waals surface area contributed by atoms with E-state index in [4.69, 9.17) is 4.74 Å². The molecule has 0 aliphatic rings. The van der Waals surface area contributed by atoms with Crippen LogP contribution in [0.25, 0.3) is 10.8 Å². The van der Waals surface area contributed by atoms with Crippen molar-refractivity contribution in [1.82, 2.24) is 0 Å². The number of esters is 1. The third kappa shape index (κ3) is 4.23. The zero-order chi connectivity index (χ0) is 17.6. The van der Waals surface area contributed by atoms with Gasteiger partial charge in [0.25, 0.3) is 5.91 Å². The van der Waals surface area contributed by atoms with E-state index in [-0.39, 0.29) is 18.9 Å². The van der Waals surface area contributed by atoms with E-state index in [1.54, 1.807) is 7.05 Å². The second-order valence-corrected chi connectivity index (χ2v) is 5.81. The molecule has 126 valence electrons. The lowest BCUT2D eigenvalue weighted by Gasteiger charge is -2.17. The van der Waals surface area contributed by atoms with Crippen LogP contribution in [0, 0.1) is 0 Å². The number of nitrogens with zero attached hydrogens (tertiary/aromatic N) is 1. The van der Waals surface area contributed by atoms with E-state index in [0.29, 0.717) is 0 Å². The molecular weight excluding hydrogens is 314 g/mol. The minimum Gasteiger partial charge on any atom is -0.455 e. The molecule has 0 bridgehead atoms. The van der Waals surface area contributed by atoms with Crippen molar-refractivity contribution in [2.45, 2.75) is 6.42 Å². The Morgan fingerprint density at radius 2 is 1.56 bits per heavy atom. The van der Waals surface area contributed by atoms with Crippen LogP contribution >= 0.6 is 0 Å². The molecule has 4 heteroatoms. The Kier molecular flexibility index (Phi) is 5.09. The number of anilines is 1. The van der Waals surface area contributed by atoms with Crippen LogP contribution in [-0.4, -0.2) is 25.5 Å². The van der Waals surface area contributed by atoms with Crippen molar-refractivity contribution < 1.29 is 14.3 Å². The van der Waals surface area contributed by atoms with Gasteiger partial charge in [0.2, 0.25) is 0 Å². The Balaban J connectivity index is 1.56. The molecule has 0 N–H and O–H groups in total. The Hall–Kier alpha value is -3.14. The number of carbonyl (C=O) groups is 2. The summed E-state index contributed by atoms with van der Waals surface area (Å²) in [7, 11) is 1.66. The first-order chi connectivity index (χ1) is 12.1. The monoisotopic (exact) mass is 333 g/mol. The highest BCUT2D eigenvalue weighted by Gasteiger charge is 2.14. The first kappa shape index (κ1) is 16.7. The van der Waals surface area contributed by atoms with E-state index >= 15 is 0 Å². The van der Waals surface area contributed by atoms with Crippen molar-refractivity contribution in [3.63, 3.8) is 0 Å². The van der Waals surface area contributed by atoms with E-state index in [1.807, 2.05) is 72.8 Å². The number of para-hydroxylation sites is 1. The third-order valence-corrected chi connectivity index (χ3v) is 4.04. The maximum atomic E-state index is 12.1. The topological polar surface area (TPSA) is 46.6 Å². The van der Waals surface area contributed by atoms with Gasteiger partial charge in [-0.05, 0) is 28.5 Å². The summed E-state index contributed by atoms with van der Waals surface area (Å²) in [6, 6.07) is 23.1. The number of amides is 1. The zero-order valence-corrected chi connectivity index (χ0v) is 14.0. The largest absolute Gasteiger partial charge is 0.455 e. The number of rotatable bonds is 5. The number of likely N-dealkylation sites (N-methyl/N-ethyl adjacent to an activating group) is 1. The fourth-order valence-electron chi connectivity index (χ4n) is 2.60. The molecular formula is C21H19NO3. The van der Waals surface area contributed by atoms with E-state index < -0.39 is 5.97 Å². The zero-order valence-electron chi connectivity index (χ0n) is 14.0. The lowest BCUT2D eigenvalue weighted by molar-refractivity contribution is -0.147. The number of carbonyl (C=O) groups excluding carboxylic acids is 2. The smallest absolute Gasteiger partial charge is 0.310 e. The molecule has 0 heterocycles. The van der Waals surface area contributed by atoms with Crippen LogP contribution in [0.15, 0.2) is 72.8 Å². The van der Waals surface area contributed by atoms with Crippen LogP contribution in [0.4, 0.5) is 5.69 Å². The van der Waals surface area contributed by atoms with Gasteiger partial charge in [-0.3, -0.25) is 9.59 Å². The van der Waals surface area contributed by atoms with Crippen LogP contribution in [0.5, 0.6) is 0 Å². The van der Waals surface area contributed by atoms with Crippen molar-refractivity contribution in [3.05, 3.63) is 78.4 Å². The lowest BCUT2D eigenvalue weighted by atomic mass is 10.1. The minimum absolute atomic E-state index is 0.146. The van der Waals surface area contributed by atoms with Crippen molar-refractivity contribution in [1.29, 1.82) is 0 Å². The van der Waals surface area contributed by atoms with Gasteiger partial charge in [-0.1, -0.05) is 60.7 Å². The average molecular weight is 333 g/mol. The van der Waals surface area contributed by atoms with E-state index in [1.165, 1.54) is 4.90 Å². The van der Waals surface area contributed by atoms with Gasteiger partial charge in [-0.25, -0.2) is 0 Å². The third-order valence-electron chi connectivity index (χ3n) is 4.04. The molecule has 3 aromatic carbocycles. The fourth-order valence-corrected chi connectivity index (χ4v) is 2.60. The summed E-state index contributed by atoms with van der Waals surface area (Å²) >= 11 is 0. The summed E-state index contributed by atoms with van der Waals surface area (Å²) < 4.78 is 5.13. The molecule has 0 unspecified atom stereocenters. The maximum absolute atomic E-state index is 12.1. The van der Waals surface area contributed by atoms with Gasteiger partial charge in [0.1, 0.15) is 0 Å². The van der Waals surface area contributed by atoms with Gasteiger partial charge in [0, 0.05) is 12.7 Å². The summed E-state index contributed by atoms with van der Waals surface area (Å²) in [5, 5.41) is 2.20. The number of fused-ring (bicyclic) bond motifs is 1. The van der Waals surface area contributed by atoms with Crippen LogP contribution in [0.1, 0.15) is 5.56 Å². The van der Waals surface area contributed by atoms with Crippen molar-refractivity contribution in [3.8, 4) is 0 Å². The van der Waals surface area contributed by atoms with E-state index in [2.05, 4.69) is 0 Å². The molecule has 0 saturated carbocycles. The Bertz CT molecular complexity index is 890. The van der Waals surface area contributed by atoms with Crippen LogP contribution < -0.4 is 4.90 Å². The molecule has 4 nitrogen and oxygen atoms in total. The molecule has 25 heavy (non-hydrogen) atoms. The van der Waals surface area contributed by atoms with Crippen LogP contribution in [0.3, 0.4) is 0 Å². The highest BCUT2D eigenvalue weighted by molar-refractivity contribution is 5.94. The first-order valence-electron chi connectivity index (χ1n) is 8.08. The number of hydrogen-bond donors (Lipinski definition) is 0. The quantitative estimate of drug-likeness (QED) is 0.670. The Morgan fingerprint density at radius 1 is 0.880 bits per heavy atom. The number of ether oxygens (including phenoxy) is 1. The Labute approximate surface area is 146 Å². The molecule has 1 amide bonds. The van der Waals surface area contributed by atoms with E-state index in [0.717, 1.165) is 22.0 Å². The summed E-state index contributed by atoms with van der Waals surface area (Å²) in [5.41, 5.74) is 1.63. The SMILES string of the molecule is CN(C(=O)COC(=O)Cc1ccc2ccccc2c1)c1ccccc1. The second-order valence-electron chi connectivity index (χ2n) is 5.81. The molecule has 0 aromatic heterocycles. The Morgan fingerprint density at radius 3 is 2.32 bits per heavy atom. The highest BCUT2D eigenvalue weighted by atomic mass is 16.5. The molecule has 0 atom stereocenters. The molecule has 3 rings (SSSR count). The van der Waals surface area contributed by atoms with E-state index in [9.17, 15) is 9.59 Å². The molecule has 3 aromatic rings. The van der Waals surface area contributed by atoms with Gasteiger partial charge in [0.05, 0.1) is 6.42 Å².